The number of carbonyl (C=O) groups excluding carboxylic acids is 5. The highest BCUT2D eigenvalue weighted by atomic mass is 32.2. The third-order valence-electron chi connectivity index (χ3n) is 26.0. The van der Waals surface area contributed by atoms with E-state index in [9.17, 15) is 118 Å². The first-order valence-electron chi connectivity index (χ1n) is 45.6. The Morgan fingerprint density at radius 3 is 0.655 bits per heavy atom. The fourth-order valence-electron chi connectivity index (χ4n) is 18.2. The van der Waals surface area contributed by atoms with Crippen LogP contribution in [0, 0.1) is 128 Å². The van der Waals surface area contributed by atoms with Crippen LogP contribution in [-0.4, -0.2) is 180 Å². The molecule has 5 aromatic carbocycles. The molecule has 0 radical (unpaired) electrons. The predicted molar refractivity (Wildman–Crippen MR) is 536 cm³/mol. The summed E-state index contributed by atoms with van der Waals surface area (Å²) in [6.07, 6.45) is 22.8. The summed E-state index contributed by atoms with van der Waals surface area (Å²) in [7, 11) is -11.4. The standard InChI is InChI=1S/2C21H23N3O4S.3C21H21N3O4S/c5*1-4-18(25)17-8-7-16-20(29(27,28)23-17)12-24(3)21(16)19(26)10-14-6-5-13(2)15(9-14)11-22/h2*4-6,9,12,17-18,23,25H,1,7-8,10H2,2-3H3;3*1,5-6,9,12,17-18,23,25H,7-8,10H2,2-3H3/t17-,18+;17-,18-;2*17-,18+;17-,18-/m11100/s1. The van der Waals surface area contributed by atoms with Gasteiger partial charge in [-0.2, -0.15) is 26.3 Å². The van der Waals surface area contributed by atoms with Crippen molar-refractivity contribution >= 4 is 79.0 Å². The molecule has 5 aliphatic heterocycles. The highest BCUT2D eigenvalue weighted by molar-refractivity contribution is 7.90. The Kier molecular flexibility index (Phi) is 35.5. The Morgan fingerprint density at radius 1 is 0.331 bits per heavy atom. The number of aliphatic hydroxyl groups is 5. The predicted octanol–water partition coefficient (Wildman–Crippen LogP) is 7.19. The van der Waals surface area contributed by atoms with Crippen LogP contribution < -0.4 is 23.6 Å². The van der Waals surface area contributed by atoms with Gasteiger partial charge in [-0.3, -0.25) is 24.0 Å². The molecule has 0 fully saturated rings. The first kappa shape index (κ1) is 111. The Balaban J connectivity index is 0.000000173. The van der Waals surface area contributed by atoms with Crippen LogP contribution in [0.5, 0.6) is 0 Å². The minimum atomic E-state index is -3.93. The van der Waals surface area contributed by atoms with Gasteiger partial charge in [0.2, 0.25) is 50.1 Å². The number of rotatable bonds is 22. The lowest BCUT2D eigenvalue weighted by atomic mass is 9.97. The first-order valence-corrected chi connectivity index (χ1v) is 53.0. The highest BCUT2D eigenvalue weighted by Crippen LogP contribution is 2.37. The van der Waals surface area contributed by atoms with E-state index in [1.807, 2.05) is 34.6 Å². The number of terminal acetylenes is 3. The van der Waals surface area contributed by atoms with Crippen LogP contribution in [0.3, 0.4) is 0 Å². The van der Waals surface area contributed by atoms with Gasteiger partial charge >= 0.3 is 0 Å². The van der Waals surface area contributed by atoms with E-state index >= 15 is 0 Å². The second kappa shape index (κ2) is 46.2. The third-order valence-corrected chi connectivity index (χ3v) is 33.7. The van der Waals surface area contributed by atoms with E-state index in [-0.39, 0.29) is 124 Å². The van der Waals surface area contributed by atoms with E-state index in [2.05, 4.69) is 84.9 Å². The van der Waals surface area contributed by atoms with Crippen molar-refractivity contribution in [3.63, 3.8) is 0 Å². The molecule has 15 rings (SSSR count). The van der Waals surface area contributed by atoms with Crippen LogP contribution in [0.25, 0.3) is 0 Å². The quantitative estimate of drug-likeness (QED) is 0.0182. The Hall–Kier alpha value is -14.2. The molecule has 754 valence electrons. The third kappa shape index (κ3) is 25.1. The van der Waals surface area contributed by atoms with Crippen LogP contribution in [0.15, 0.2) is 172 Å². The number of nitrogens with one attached hydrogen (secondary N) is 5. The zero-order chi connectivity index (χ0) is 107. The number of benzene rings is 5. The number of nitrogens with zero attached hydrogens (tertiary/aromatic N) is 10. The lowest BCUT2D eigenvalue weighted by Gasteiger charge is -2.19. The fraction of sp³-hybridized carbons (Fsp3) is 0.333. The van der Waals surface area contributed by atoms with E-state index < -0.39 is 111 Å². The smallest absolute Gasteiger partial charge is 0.242 e. The molecule has 5 aromatic heterocycles. The Labute approximate surface area is 843 Å². The molecule has 0 bridgehead atoms. The summed E-state index contributed by atoms with van der Waals surface area (Å²) >= 11 is 0. The largest absolute Gasteiger partial charge is 0.387 e. The summed E-state index contributed by atoms with van der Waals surface area (Å²) in [4.78, 5) is 65.5. The summed E-state index contributed by atoms with van der Waals surface area (Å²) in [5.41, 5.74) is 13.9. The summed E-state index contributed by atoms with van der Waals surface area (Å²) in [6, 6.07) is 32.9. The number of carbonyl (C=O) groups is 5. The van der Waals surface area contributed by atoms with Gasteiger partial charge in [0.25, 0.3) is 0 Å². The van der Waals surface area contributed by atoms with Crippen LogP contribution >= 0.6 is 0 Å². The summed E-state index contributed by atoms with van der Waals surface area (Å²) in [5, 5.41) is 95.7. The van der Waals surface area contributed by atoms with Gasteiger partial charge in [0.15, 0.2) is 28.9 Å². The van der Waals surface area contributed by atoms with E-state index in [4.69, 9.17) is 19.3 Å². The van der Waals surface area contributed by atoms with Crippen molar-refractivity contribution in [3.8, 4) is 67.4 Å². The average Bonchev–Trinajstić information content (AvgIpc) is 1.63. The maximum absolute atomic E-state index is 13.1. The average molecular weight is 2060 g/mol. The maximum Gasteiger partial charge on any atom is 0.242 e. The second-order valence-corrected chi connectivity index (χ2v) is 44.5. The van der Waals surface area contributed by atoms with E-state index in [1.165, 1.54) is 66.0 Å². The number of hydrogen-bond acceptors (Lipinski definition) is 25. The molecular weight excluding hydrogens is 1950 g/mol. The molecule has 35 nitrogen and oxygen atoms in total. The van der Waals surface area contributed by atoms with Gasteiger partial charge in [-0.1, -0.05) is 90.6 Å². The van der Waals surface area contributed by atoms with E-state index in [0.29, 0.717) is 138 Å². The zero-order valence-corrected chi connectivity index (χ0v) is 85.2. The molecule has 145 heavy (non-hydrogen) atoms. The fourth-order valence-corrected chi connectivity index (χ4v) is 26.2. The molecule has 0 unspecified atom stereocenters. The van der Waals surface area contributed by atoms with E-state index in [0.717, 1.165) is 27.8 Å². The number of fused-ring (bicyclic) bond motifs is 5. The van der Waals surface area contributed by atoms with Crippen molar-refractivity contribution in [1.82, 2.24) is 46.4 Å². The van der Waals surface area contributed by atoms with Crippen LogP contribution in [0.2, 0.25) is 0 Å². The van der Waals surface area contributed by atoms with Gasteiger partial charge in [0, 0.05) is 126 Å². The number of sulfonamides is 5. The number of aliphatic hydroxyl groups excluding tert-OH is 5. The summed E-state index contributed by atoms with van der Waals surface area (Å²) in [5.74, 6) is 5.26. The first-order chi connectivity index (χ1) is 68.4. The number of Topliss-reactive ketones (excluding diaryl/α,β-unsaturated/α-hetero) is 5. The molecule has 10 atom stereocenters. The molecule has 0 spiro atoms. The topological polar surface area (TPSA) is 561 Å². The van der Waals surface area contributed by atoms with Crippen LogP contribution in [-0.2, 0) is 150 Å². The molecule has 40 heteroatoms. The van der Waals surface area contributed by atoms with Crippen molar-refractivity contribution in [2.75, 3.05) is 0 Å². The second-order valence-electron chi connectivity index (χ2n) is 36.1. The summed E-state index contributed by atoms with van der Waals surface area (Å²) < 4.78 is 147. The van der Waals surface area contributed by atoms with Crippen molar-refractivity contribution < 1.29 is 91.6 Å². The van der Waals surface area contributed by atoms with Crippen molar-refractivity contribution in [3.05, 3.63) is 287 Å². The Morgan fingerprint density at radius 2 is 0.497 bits per heavy atom. The highest BCUT2D eigenvalue weighted by Gasteiger charge is 2.42. The van der Waals surface area contributed by atoms with Crippen molar-refractivity contribution in [2.45, 2.75) is 216 Å². The van der Waals surface area contributed by atoms with E-state index in [1.54, 1.807) is 126 Å². The number of aryl methyl sites for hydroxylation is 10. The number of aromatic nitrogens is 5. The minimum absolute atomic E-state index is 0.0247. The van der Waals surface area contributed by atoms with Crippen LogP contribution in [0.1, 0.15) is 196 Å². The zero-order valence-electron chi connectivity index (χ0n) is 81.1. The van der Waals surface area contributed by atoms with Gasteiger partial charge in [0.05, 0.1) is 129 Å². The molecule has 10 heterocycles. The molecule has 0 amide bonds. The van der Waals surface area contributed by atoms with Gasteiger partial charge in [-0.25, -0.2) is 65.7 Å². The van der Waals surface area contributed by atoms with Gasteiger partial charge in [-0.15, -0.1) is 32.4 Å². The number of hydrogen-bond donors (Lipinski definition) is 10. The van der Waals surface area contributed by atoms with Crippen molar-refractivity contribution in [2.24, 2.45) is 35.2 Å². The SMILES string of the molecule is C#C[C@@H](O)[C@@H]1CCc2c(cn(C)c2C(=O)Cc2ccc(C)c(C#N)c2)S(=O)(=O)N1.C#C[C@H](O)[C@@H]1CCc2c(cn(C)c2C(=O)Cc2ccc(C)c(C#N)c2)S(=O)(=O)N1.C#C[C@H](O)[C@H]1CCc2c(cn(C)c2C(=O)Cc2ccc(C)c(C#N)c2)S(=O)(=O)N1.C=C[C@@H](O)[C@H]1CCc2c(cn(C)c2C(=O)Cc2ccc(C)c(C#N)c2)S(=O)(=O)N1.C=C[C@H](O)[C@H]1CCc2c(cn(C)c2C(=O)Cc2ccc(C)c(C#N)c2)S(=O)(=O)N1. The molecule has 0 saturated heterocycles. The lowest BCUT2D eigenvalue weighted by Crippen LogP contribution is -2.41. The minimum Gasteiger partial charge on any atom is -0.387 e. The molecule has 0 saturated carbocycles. The number of ketones is 5. The molecule has 10 N–H and O–H groups in total. The van der Waals surface area contributed by atoms with Gasteiger partial charge < -0.3 is 48.4 Å². The normalized spacial score (nSPS) is 18.8. The number of nitriles is 5. The molecule has 5 aliphatic rings. The van der Waals surface area contributed by atoms with Crippen molar-refractivity contribution in [1.29, 1.82) is 26.3 Å². The molecular formula is C105H109N15O20S5. The summed E-state index contributed by atoms with van der Waals surface area (Å²) in [6.45, 7) is 16.1. The molecule has 0 aliphatic carbocycles. The maximum atomic E-state index is 13.1. The molecule has 10 aromatic rings. The Bertz CT molecular complexity index is 7260. The van der Waals surface area contributed by atoms with Crippen LogP contribution in [0.4, 0.5) is 0 Å². The lowest BCUT2D eigenvalue weighted by molar-refractivity contribution is 0.0975. The van der Waals surface area contributed by atoms with Gasteiger partial charge in [0.1, 0.15) is 42.8 Å². The van der Waals surface area contributed by atoms with Gasteiger partial charge in [-0.05, 0) is 185 Å². The monoisotopic (exact) mass is 2060 g/mol.